The van der Waals surface area contributed by atoms with Crippen LogP contribution in [-0.2, 0) is 29.0 Å². The van der Waals surface area contributed by atoms with Crippen LogP contribution in [0.4, 0.5) is 10.6 Å². The number of esters is 1. The fourth-order valence-electron chi connectivity index (χ4n) is 12.1. The second-order valence-electron chi connectivity index (χ2n) is 20.5. The van der Waals surface area contributed by atoms with Gasteiger partial charge in [0.1, 0.15) is 17.0 Å². The summed E-state index contributed by atoms with van der Waals surface area (Å²) in [6, 6.07) is 9.30. The summed E-state index contributed by atoms with van der Waals surface area (Å²) >= 11 is 0. The third-order valence-corrected chi connectivity index (χ3v) is 12.5. The number of carbonyl (C=O) groups excluding carboxylic acids is 2. The minimum absolute atomic E-state index is 0.0976. The van der Waals surface area contributed by atoms with E-state index in [4.69, 9.17) is 19.6 Å². The summed E-state index contributed by atoms with van der Waals surface area (Å²) in [6.45, 7) is 20.7. The highest BCUT2D eigenvalue weighted by Crippen LogP contribution is 2.75. The van der Waals surface area contributed by atoms with Crippen LogP contribution in [0, 0.1) is 28.6 Å². The molecule has 4 fully saturated rings. The molecule has 3 aromatic rings. The molecule has 2 N–H and O–H groups in total. The van der Waals surface area contributed by atoms with Crippen molar-refractivity contribution in [1.82, 2.24) is 20.1 Å². The van der Waals surface area contributed by atoms with Crippen molar-refractivity contribution >= 4 is 23.8 Å². The molecule has 1 amide bonds. The van der Waals surface area contributed by atoms with Crippen LogP contribution in [0.2, 0.25) is 0 Å². The number of amides is 1. The number of benzene rings is 1. The Bertz CT molecular complexity index is 2020. The van der Waals surface area contributed by atoms with Crippen molar-refractivity contribution in [3.63, 3.8) is 0 Å². The Morgan fingerprint density at radius 1 is 0.875 bits per heavy atom. The Balaban J connectivity index is 1.15. The molecule has 4 aliphatic carbocycles. The SMILES string of the molecule is Cc1c(-c2ccc(N3CCc4cccc(C(=O)O)c4C3)nc2C(=O)OC(C)(C)C)cnn1CC12CC3(C)CC(C)(CC(CCCNC(=O)OC(C)(C)C)(C3)C1)C2. The fraction of sp³-hybridized carbons (Fsp3) is 0.622. The van der Waals surface area contributed by atoms with E-state index in [0.29, 0.717) is 43.0 Å². The number of fused-ring (bicyclic) bond motifs is 1. The van der Waals surface area contributed by atoms with Crippen LogP contribution in [-0.4, -0.2) is 62.2 Å². The first-order valence-electron chi connectivity index (χ1n) is 20.4. The lowest BCUT2D eigenvalue weighted by molar-refractivity contribution is -0.197. The number of nitrogens with zero attached hydrogens (tertiary/aromatic N) is 4. The molecule has 11 nitrogen and oxygen atoms in total. The van der Waals surface area contributed by atoms with Crippen molar-refractivity contribution in [3.05, 3.63) is 64.6 Å². The van der Waals surface area contributed by atoms with Gasteiger partial charge in [-0.25, -0.2) is 19.4 Å². The monoisotopic (exact) mass is 767 g/mol. The molecule has 5 aliphatic rings. The number of rotatable bonds is 10. The zero-order valence-electron chi connectivity index (χ0n) is 34.9. The summed E-state index contributed by atoms with van der Waals surface area (Å²) in [6.07, 6.45) is 11.4. The summed E-state index contributed by atoms with van der Waals surface area (Å²) in [5.74, 6) is -0.851. The molecule has 2 atom stereocenters. The van der Waals surface area contributed by atoms with Gasteiger partial charge >= 0.3 is 18.0 Å². The average molecular weight is 768 g/mol. The largest absolute Gasteiger partial charge is 0.478 e. The van der Waals surface area contributed by atoms with Gasteiger partial charge in [-0.15, -0.1) is 0 Å². The van der Waals surface area contributed by atoms with Crippen molar-refractivity contribution in [2.24, 2.45) is 21.7 Å². The molecule has 4 saturated carbocycles. The van der Waals surface area contributed by atoms with Gasteiger partial charge in [0.15, 0.2) is 5.69 Å². The van der Waals surface area contributed by atoms with Gasteiger partial charge in [0.25, 0.3) is 0 Å². The maximum Gasteiger partial charge on any atom is 0.407 e. The highest BCUT2D eigenvalue weighted by Gasteiger charge is 2.65. The van der Waals surface area contributed by atoms with Crippen molar-refractivity contribution in [3.8, 4) is 11.1 Å². The Morgan fingerprint density at radius 3 is 2.21 bits per heavy atom. The Hall–Kier alpha value is -4.41. The summed E-state index contributed by atoms with van der Waals surface area (Å²) in [5, 5.41) is 17.9. The number of anilines is 1. The maximum absolute atomic E-state index is 13.9. The van der Waals surface area contributed by atoms with E-state index in [-0.39, 0.29) is 33.4 Å². The molecular formula is C45H61N5O6. The van der Waals surface area contributed by atoms with E-state index < -0.39 is 23.1 Å². The van der Waals surface area contributed by atoms with Gasteiger partial charge in [-0.2, -0.15) is 5.10 Å². The van der Waals surface area contributed by atoms with Crippen LogP contribution in [0.5, 0.6) is 0 Å². The summed E-state index contributed by atoms with van der Waals surface area (Å²) in [7, 11) is 0. The van der Waals surface area contributed by atoms with E-state index in [1.54, 1.807) is 12.1 Å². The third kappa shape index (κ3) is 8.19. The molecule has 11 heteroatoms. The van der Waals surface area contributed by atoms with Gasteiger partial charge < -0.3 is 24.8 Å². The predicted molar refractivity (Wildman–Crippen MR) is 216 cm³/mol. The third-order valence-electron chi connectivity index (χ3n) is 12.5. The average Bonchev–Trinajstić information content (AvgIpc) is 3.41. The lowest BCUT2D eigenvalue weighted by Gasteiger charge is -2.70. The second-order valence-corrected chi connectivity index (χ2v) is 20.5. The Kier molecular flexibility index (Phi) is 9.88. The highest BCUT2D eigenvalue weighted by molar-refractivity contribution is 5.96. The first-order chi connectivity index (χ1) is 26.1. The van der Waals surface area contributed by atoms with Crippen LogP contribution in [0.1, 0.15) is 144 Å². The van der Waals surface area contributed by atoms with Gasteiger partial charge in [-0.1, -0.05) is 26.0 Å². The molecule has 0 spiro atoms. The number of aromatic carboxylic acids is 1. The molecule has 1 aromatic carbocycles. The summed E-state index contributed by atoms with van der Waals surface area (Å²) < 4.78 is 13.6. The van der Waals surface area contributed by atoms with Gasteiger partial charge in [0.2, 0.25) is 0 Å². The number of nitrogens with one attached hydrogen (secondary N) is 1. The maximum atomic E-state index is 13.9. The van der Waals surface area contributed by atoms with Crippen LogP contribution in [0.3, 0.4) is 0 Å². The molecule has 8 rings (SSSR count). The van der Waals surface area contributed by atoms with Crippen molar-refractivity contribution in [1.29, 1.82) is 0 Å². The topological polar surface area (TPSA) is 136 Å². The van der Waals surface area contributed by atoms with Crippen LogP contribution >= 0.6 is 0 Å². The van der Waals surface area contributed by atoms with Gasteiger partial charge in [-0.3, -0.25) is 4.68 Å². The molecule has 4 bridgehead atoms. The smallest absolute Gasteiger partial charge is 0.407 e. The number of carbonyl (C=O) groups is 3. The van der Waals surface area contributed by atoms with E-state index in [1.165, 1.54) is 32.1 Å². The zero-order chi connectivity index (χ0) is 40.5. The molecule has 0 radical (unpaired) electrons. The predicted octanol–water partition coefficient (Wildman–Crippen LogP) is 9.14. The minimum atomic E-state index is -0.951. The fourth-order valence-corrected chi connectivity index (χ4v) is 12.1. The minimum Gasteiger partial charge on any atom is -0.478 e. The Labute approximate surface area is 331 Å². The van der Waals surface area contributed by atoms with Crippen molar-refractivity contribution in [2.45, 2.75) is 144 Å². The molecule has 2 unspecified atom stereocenters. The number of hydrogen-bond acceptors (Lipinski definition) is 8. The lowest BCUT2D eigenvalue weighted by Crippen LogP contribution is -2.60. The molecule has 56 heavy (non-hydrogen) atoms. The van der Waals surface area contributed by atoms with Crippen molar-refractivity contribution < 1.29 is 29.0 Å². The van der Waals surface area contributed by atoms with Crippen LogP contribution < -0.4 is 10.2 Å². The second kappa shape index (κ2) is 13.9. The number of carboxylic acid groups (broad SMARTS) is 1. The van der Waals surface area contributed by atoms with Gasteiger partial charge in [-0.05, 0) is 157 Å². The van der Waals surface area contributed by atoms with E-state index in [9.17, 15) is 19.5 Å². The molecule has 1 aliphatic heterocycles. The summed E-state index contributed by atoms with van der Waals surface area (Å²) in [5.41, 5.74) is 4.44. The van der Waals surface area contributed by atoms with Crippen LogP contribution in [0.15, 0.2) is 36.5 Å². The van der Waals surface area contributed by atoms with Crippen LogP contribution in [0.25, 0.3) is 11.1 Å². The molecule has 0 saturated heterocycles. The molecule has 2 aromatic heterocycles. The molecule has 3 heterocycles. The first-order valence-corrected chi connectivity index (χ1v) is 20.4. The van der Waals surface area contributed by atoms with E-state index in [2.05, 4.69) is 30.8 Å². The number of aromatic nitrogens is 3. The van der Waals surface area contributed by atoms with E-state index in [1.807, 2.05) is 70.8 Å². The van der Waals surface area contributed by atoms with E-state index in [0.717, 1.165) is 48.2 Å². The standard InChI is InChI=1S/C45H61N5O6/c1-29-33(31-14-15-35(48-36(31)38(53)55-40(2,3)4)49-19-16-30-12-10-13-32(37(51)52)34(30)21-49)20-47-50(29)28-45-25-42(8)22-43(9,26-45)24-44(23-42,27-45)17-11-18-46-39(54)56-41(5,6)7/h10,12-15,20H,11,16-19,21-28H2,1-9H3,(H,46,54)(H,51,52). The normalized spacial score (nSPS) is 26.8. The number of hydrogen-bond donors (Lipinski definition) is 2. The van der Waals surface area contributed by atoms with E-state index >= 15 is 0 Å². The zero-order valence-corrected chi connectivity index (χ0v) is 34.9. The molecular weight excluding hydrogens is 707 g/mol. The van der Waals surface area contributed by atoms with Gasteiger partial charge in [0.05, 0.1) is 11.8 Å². The Morgan fingerprint density at radius 2 is 1.55 bits per heavy atom. The number of ether oxygens (including phenoxy) is 2. The number of pyridine rings is 1. The number of carboxylic acids is 1. The number of alkyl carbamates (subject to hydrolysis) is 1. The lowest BCUT2D eigenvalue weighted by atomic mass is 9.35. The molecule has 302 valence electrons. The van der Waals surface area contributed by atoms with Crippen molar-refractivity contribution in [2.75, 3.05) is 18.0 Å². The first kappa shape index (κ1) is 39.8. The van der Waals surface area contributed by atoms with Gasteiger partial charge in [0, 0.05) is 43.0 Å². The highest BCUT2D eigenvalue weighted by atomic mass is 16.6. The quantitative estimate of drug-likeness (QED) is 0.153. The summed E-state index contributed by atoms with van der Waals surface area (Å²) in [4.78, 5) is 45.4.